The summed E-state index contributed by atoms with van der Waals surface area (Å²) in [5.41, 5.74) is 1.38. The fourth-order valence-corrected chi connectivity index (χ4v) is 3.46. The van der Waals surface area contributed by atoms with Crippen molar-refractivity contribution in [3.8, 4) is 5.75 Å². The van der Waals surface area contributed by atoms with Gasteiger partial charge in [0.05, 0.1) is 0 Å². The fraction of sp³-hybridized carbons (Fsp3) is 0.455. The minimum absolute atomic E-state index is 0.0633. The van der Waals surface area contributed by atoms with Gasteiger partial charge in [0, 0.05) is 26.4 Å². The largest absolute Gasteiger partial charge is 0.491 e. The lowest BCUT2D eigenvalue weighted by Crippen LogP contribution is -2.49. The third-order valence-corrected chi connectivity index (χ3v) is 5.16. The van der Waals surface area contributed by atoms with Crippen LogP contribution in [-0.4, -0.2) is 71.1 Å². The zero-order valence-electron chi connectivity index (χ0n) is 16.6. The van der Waals surface area contributed by atoms with Crippen molar-refractivity contribution in [2.24, 2.45) is 0 Å². The number of para-hydroxylation sites is 1. The van der Waals surface area contributed by atoms with E-state index in [1.807, 2.05) is 24.3 Å². The summed E-state index contributed by atoms with van der Waals surface area (Å²) in [6.45, 7) is 0.588. The number of methoxy groups -OCH3 is 1. The molecule has 0 radical (unpaired) electrons. The van der Waals surface area contributed by atoms with Gasteiger partial charge in [-0.15, -0.1) is 0 Å². The number of fused-ring (bicyclic) bond motifs is 1. The Morgan fingerprint density at radius 3 is 2.72 bits per heavy atom. The van der Waals surface area contributed by atoms with Crippen molar-refractivity contribution in [1.29, 1.82) is 0 Å². The highest BCUT2D eigenvalue weighted by atomic mass is 16.5. The van der Waals surface area contributed by atoms with Gasteiger partial charge >= 0.3 is 0 Å². The summed E-state index contributed by atoms with van der Waals surface area (Å²) in [7, 11) is 1.46. The first-order valence-corrected chi connectivity index (χ1v) is 9.90. The van der Waals surface area contributed by atoms with E-state index in [1.54, 1.807) is 29.3 Å². The fourth-order valence-electron chi connectivity index (χ4n) is 3.46. The molecule has 156 valence electrons. The second-order valence-corrected chi connectivity index (χ2v) is 7.17. The highest BCUT2D eigenvalue weighted by molar-refractivity contribution is 5.92. The molecule has 1 aliphatic rings. The molecular weight excluding hydrogens is 372 g/mol. The van der Waals surface area contributed by atoms with E-state index in [9.17, 15) is 15.0 Å². The summed E-state index contributed by atoms with van der Waals surface area (Å²) in [6, 6.07) is 12.9. The van der Waals surface area contributed by atoms with Crippen LogP contribution in [0.5, 0.6) is 5.75 Å². The van der Waals surface area contributed by atoms with Crippen molar-refractivity contribution in [1.82, 2.24) is 9.88 Å². The summed E-state index contributed by atoms with van der Waals surface area (Å²) in [5, 5.41) is 21.0. The minimum Gasteiger partial charge on any atom is -0.491 e. The molecule has 29 heavy (non-hydrogen) atoms. The van der Waals surface area contributed by atoms with Crippen molar-refractivity contribution < 1.29 is 24.5 Å². The Balaban J connectivity index is 1.82. The molecule has 1 aromatic heterocycles. The van der Waals surface area contributed by atoms with Gasteiger partial charge in [-0.3, -0.25) is 9.78 Å². The predicted octanol–water partition coefficient (Wildman–Crippen LogP) is 1.68. The Morgan fingerprint density at radius 1 is 1.17 bits per heavy atom. The molecule has 3 rings (SSSR count). The molecule has 2 heterocycles. The van der Waals surface area contributed by atoms with E-state index in [1.165, 1.54) is 7.11 Å². The number of carbonyl (C=O) groups is 1. The second kappa shape index (κ2) is 10.3. The quantitative estimate of drug-likeness (QED) is 0.797. The molecular formula is C22H28N2O5. The number of ether oxygens (including phenoxy) is 2. The number of nitrogens with zero attached hydrogens (tertiary/aromatic N) is 2. The number of benzene rings is 1. The minimum atomic E-state index is -1.20. The van der Waals surface area contributed by atoms with Crippen LogP contribution in [0.25, 0.3) is 0 Å². The molecule has 0 bridgehead atoms. The maximum absolute atomic E-state index is 13.0. The van der Waals surface area contributed by atoms with Gasteiger partial charge in [0.2, 0.25) is 0 Å². The van der Waals surface area contributed by atoms with Crippen molar-refractivity contribution in [3.05, 3.63) is 59.9 Å². The number of hydrogen-bond donors (Lipinski definition) is 2. The third kappa shape index (κ3) is 5.53. The van der Waals surface area contributed by atoms with Gasteiger partial charge in [0.25, 0.3) is 5.91 Å². The molecule has 3 atom stereocenters. The van der Waals surface area contributed by atoms with Crippen LogP contribution in [0.3, 0.4) is 0 Å². The highest BCUT2D eigenvalue weighted by Crippen LogP contribution is 2.22. The smallest absolute Gasteiger partial charge is 0.272 e. The van der Waals surface area contributed by atoms with Gasteiger partial charge in [-0.1, -0.05) is 24.3 Å². The first kappa shape index (κ1) is 21.2. The summed E-state index contributed by atoms with van der Waals surface area (Å²) < 4.78 is 11.2. The van der Waals surface area contributed by atoms with Crippen molar-refractivity contribution in [3.63, 3.8) is 0 Å². The Labute approximate surface area is 170 Å². The van der Waals surface area contributed by atoms with E-state index in [-0.39, 0.29) is 19.1 Å². The van der Waals surface area contributed by atoms with Gasteiger partial charge in [0.1, 0.15) is 36.4 Å². The first-order valence-electron chi connectivity index (χ1n) is 9.90. The number of aryl methyl sites for hydroxylation is 1. The lowest BCUT2D eigenvalue weighted by atomic mass is 10.1. The molecule has 0 saturated carbocycles. The lowest BCUT2D eigenvalue weighted by molar-refractivity contribution is -0.0925. The molecule has 0 fully saturated rings. The number of aliphatic hydroxyl groups is 2. The Kier molecular flexibility index (Phi) is 7.57. The number of rotatable bonds is 2. The van der Waals surface area contributed by atoms with Crippen molar-refractivity contribution >= 4 is 5.91 Å². The van der Waals surface area contributed by atoms with E-state index in [2.05, 4.69) is 4.98 Å². The van der Waals surface area contributed by atoms with Gasteiger partial charge < -0.3 is 24.6 Å². The number of hydrogen-bond acceptors (Lipinski definition) is 6. The monoisotopic (exact) mass is 400 g/mol. The van der Waals surface area contributed by atoms with Gasteiger partial charge in [-0.2, -0.15) is 0 Å². The molecule has 1 aliphatic heterocycles. The van der Waals surface area contributed by atoms with Gasteiger partial charge in [-0.05, 0) is 43.0 Å². The van der Waals surface area contributed by atoms with E-state index >= 15 is 0 Å². The van der Waals surface area contributed by atoms with Crippen LogP contribution < -0.4 is 4.74 Å². The summed E-state index contributed by atoms with van der Waals surface area (Å²) in [4.78, 5) is 18.8. The molecule has 2 N–H and O–H groups in total. The van der Waals surface area contributed by atoms with Crippen LogP contribution in [0.4, 0.5) is 0 Å². The molecule has 1 aromatic carbocycles. The zero-order chi connectivity index (χ0) is 20.6. The summed E-state index contributed by atoms with van der Waals surface area (Å²) in [5.74, 6) is 0.481. The Bertz CT molecular complexity index is 786. The van der Waals surface area contributed by atoms with E-state index in [0.717, 1.165) is 24.8 Å². The average molecular weight is 400 g/mol. The van der Waals surface area contributed by atoms with Crippen LogP contribution in [0.2, 0.25) is 0 Å². The van der Waals surface area contributed by atoms with Crippen LogP contribution in [0.1, 0.15) is 28.9 Å². The maximum Gasteiger partial charge on any atom is 0.272 e. The number of carbonyl (C=O) groups excluding carboxylic acids is 1. The van der Waals surface area contributed by atoms with Crippen LogP contribution >= 0.6 is 0 Å². The Hall–Kier alpha value is -2.48. The highest BCUT2D eigenvalue weighted by Gasteiger charge is 2.31. The van der Waals surface area contributed by atoms with Crippen LogP contribution in [0, 0.1) is 0 Å². The van der Waals surface area contributed by atoms with E-state index < -0.39 is 18.3 Å². The van der Waals surface area contributed by atoms with Crippen LogP contribution in [0.15, 0.2) is 48.7 Å². The van der Waals surface area contributed by atoms with Gasteiger partial charge in [-0.25, -0.2) is 0 Å². The average Bonchev–Trinajstić information content (AvgIpc) is 2.77. The molecule has 0 aliphatic carbocycles. The maximum atomic E-state index is 13.0. The SMILES string of the molecule is CO[C@H]1CN(C(=O)c2ccccn2)CCCCc2ccccc2OC[C@@H](O)[C@H]1O. The van der Waals surface area contributed by atoms with Crippen LogP contribution in [-0.2, 0) is 11.2 Å². The number of aromatic nitrogens is 1. The standard InChI is InChI=1S/C22H28N2O5/c1-28-20-14-24(22(27)17-10-4-6-12-23-17)13-7-5-9-16-8-2-3-11-19(16)29-15-18(25)21(20)26/h2-4,6,8,10-12,18,20-21,25-26H,5,7,9,13-15H2,1H3/t18-,20+,21-/m1/s1. The van der Waals surface area contributed by atoms with Crippen molar-refractivity contribution in [2.45, 2.75) is 37.6 Å². The van der Waals surface area contributed by atoms with E-state index in [4.69, 9.17) is 9.47 Å². The molecule has 0 saturated heterocycles. The zero-order valence-corrected chi connectivity index (χ0v) is 16.6. The summed E-state index contributed by atoms with van der Waals surface area (Å²) in [6.07, 6.45) is 0.921. The molecule has 0 unspecified atom stereocenters. The normalized spacial score (nSPS) is 23.7. The predicted molar refractivity (Wildman–Crippen MR) is 108 cm³/mol. The van der Waals surface area contributed by atoms with Crippen molar-refractivity contribution in [2.75, 3.05) is 26.8 Å². The lowest BCUT2D eigenvalue weighted by Gasteiger charge is -2.31. The first-order chi connectivity index (χ1) is 14.1. The molecule has 2 aromatic rings. The number of pyridine rings is 1. The number of aliphatic hydroxyl groups excluding tert-OH is 2. The third-order valence-electron chi connectivity index (χ3n) is 5.16. The molecule has 7 nitrogen and oxygen atoms in total. The topological polar surface area (TPSA) is 92.1 Å². The van der Waals surface area contributed by atoms with Gasteiger partial charge in [0.15, 0.2) is 0 Å². The molecule has 0 spiro atoms. The number of amides is 1. The molecule has 1 amide bonds. The molecule has 7 heteroatoms. The Morgan fingerprint density at radius 2 is 1.97 bits per heavy atom. The second-order valence-electron chi connectivity index (χ2n) is 7.17. The summed E-state index contributed by atoms with van der Waals surface area (Å²) >= 11 is 0. The van der Waals surface area contributed by atoms with E-state index in [0.29, 0.717) is 18.0 Å².